The number of rotatable bonds is 3. The highest BCUT2D eigenvalue weighted by atomic mass is 79.9. The molecule has 0 unspecified atom stereocenters. The van der Waals surface area contributed by atoms with Gasteiger partial charge in [-0.3, -0.25) is 9.79 Å². The zero-order chi connectivity index (χ0) is 11.4. The molecule has 0 radical (unpaired) electrons. The molecule has 0 saturated carbocycles. The predicted molar refractivity (Wildman–Crippen MR) is 75.7 cm³/mol. The van der Waals surface area contributed by atoms with E-state index in [2.05, 4.69) is 20.9 Å². The van der Waals surface area contributed by atoms with E-state index < -0.39 is 0 Å². The number of aliphatic imine (C=N–C) groups is 1. The summed E-state index contributed by atoms with van der Waals surface area (Å²) in [6, 6.07) is 7.46. The Morgan fingerprint density at radius 3 is 2.81 bits per heavy atom. The summed E-state index contributed by atoms with van der Waals surface area (Å²) >= 11 is 6.63. The molecule has 0 N–H and O–H groups in total. The van der Waals surface area contributed by atoms with Crippen molar-refractivity contribution in [1.82, 2.24) is 0 Å². The van der Waals surface area contributed by atoms with E-state index in [1.807, 2.05) is 24.3 Å². The first kappa shape index (κ1) is 12.2. The molecule has 0 atom stereocenters. The third kappa shape index (κ3) is 3.37. The van der Waals surface area contributed by atoms with Crippen LogP contribution in [0, 0.1) is 0 Å². The highest BCUT2D eigenvalue weighted by Crippen LogP contribution is 2.23. The van der Waals surface area contributed by atoms with Gasteiger partial charge in [-0.1, -0.05) is 51.6 Å². The SMILES string of the molecule is O=C(CSC1=NCCS1)c1ccc(Br)cc1. The molecule has 84 valence electrons. The maximum Gasteiger partial charge on any atom is 0.173 e. The number of benzene rings is 1. The van der Waals surface area contributed by atoms with E-state index >= 15 is 0 Å². The van der Waals surface area contributed by atoms with E-state index in [0.717, 1.165) is 26.7 Å². The van der Waals surface area contributed by atoms with Gasteiger partial charge in [-0.05, 0) is 12.1 Å². The predicted octanol–water partition coefficient (Wildman–Crippen LogP) is 3.47. The standard InChI is InChI=1S/C11H10BrNOS2/c12-9-3-1-8(2-4-9)10(14)7-16-11-13-5-6-15-11/h1-4H,5-7H2. The van der Waals surface area contributed by atoms with Crippen LogP contribution >= 0.6 is 39.5 Å². The second-order valence-corrected chi connectivity index (χ2v) is 6.44. The number of hydrogen-bond acceptors (Lipinski definition) is 4. The summed E-state index contributed by atoms with van der Waals surface area (Å²) in [5, 5.41) is 0. The number of carbonyl (C=O) groups excluding carboxylic acids is 1. The molecule has 16 heavy (non-hydrogen) atoms. The normalized spacial score (nSPS) is 14.9. The fourth-order valence-electron chi connectivity index (χ4n) is 1.25. The number of carbonyl (C=O) groups is 1. The zero-order valence-corrected chi connectivity index (χ0v) is 11.7. The Kier molecular flexibility index (Phi) is 4.49. The fourth-order valence-corrected chi connectivity index (χ4v) is 3.42. The van der Waals surface area contributed by atoms with Crippen molar-refractivity contribution in [3.63, 3.8) is 0 Å². The fraction of sp³-hybridized carbons (Fsp3) is 0.273. The van der Waals surface area contributed by atoms with Crippen LogP contribution in [0.25, 0.3) is 0 Å². The largest absolute Gasteiger partial charge is 0.293 e. The maximum atomic E-state index is 11.8. The molecule has 0 spiro atoms. The number of halogens is 1. The molecule has 2 rings (SSSR count). The van der Waals surface area contributed by atoms with Crippen LogP contribution in [0.1, 0.15) is 10.4 Å². The lowest BCUT2D eigenvalue weighted by Gasteiger charge is -2.00. The van der Waals surface area contributed by atoms with Crippen LogP contribution in [0.4, 0.5) is 0 Å². The molecule has 1 aromatic carbocycles. The highest BCUT2D eigenvalue weighted by molar-refractivity contribution is 9.10. The number of hydrogen-bond donors (Lipinski definition) is 0. The lowest BCUT2D eigenvalue weighted by Crippen LogP contribution is -2.03. The molecule has 1 aromatic rings. The molecule has 1 aliphatic rings. The minimum absolute atomic E-state index is 0.160. The molecule has 0 bridgehead atoms. The third-order valence-corrected chi connectivity index (χ3v) is 4.83. The smallest absolute Gasteiger partial charge is 0.173 e. The number of Topliss-reactive ketones (excluding diaryl/α,β-unsaturated/α-hetero) is 1. The van der Waals surface area contributed by atoms with E-state index in [1.165, 1.54) is 0 Å². The number of thioether (sulfide) groups is 2. The van der Waals surface area contributed by atoms with Gasteiger partial charge in [0.15, 0.2) is 5.78 Å². The van der Waals surface area contributed by atoms with Crippen LogP contribution in [0.5, 0.6) is 0 Å². The Bertz CT molecular complexity index is 416. The molecule has 0 fully saturated rings. The quantitative estimate of drug-likeness (QED) is 0.800. The molecule has 0 aliphatic carbocycles. The third-order valence-electron chi connectivity index (χ3n) is 2.05. The highest BCUT2D eigenvalue weighted by Gasteiger charge is 2.11. The summed E-state index contributed by atoms with van der Waals surface area (Å²) in [6.45, 7) is 0.888. The van der Waals surface area contributed by atoms with Gasteiger partial charge in [0.05, 0.1) is 12.3 Å². The average molecular weight is 316 g/mol. The van der Waals surface area contributed by atoms with Crippen LogP contribution in [0.2, 0.25) is 0 Å². The second kappa shape index (κ2) is 5.89. The van der Waals surface area contributed by atoms with Gasteiger partial charge < -0.3 is 0 Å². The lowest BCUT2D eigenvalue weighted by atomic mass is 10.2. The summed E-state index contributed by atoms with van der Waals surface area (Å²) in [5.41, 5.74) is 0.763. The summed E-state index contributed by atoms with van der Waals surface area (Å²) in [4.78, 5) is 16.1. The first-order valence-corrected chi connectivity index (χ1v) is 7.61. The van der Waals surface area contributed by atoms with Crippen LogP contribution in [0.3, 0.4) is 0 Å². The zero-order valence-electron chi connectivity index (χ0n) is 8.48. The van der Waals surface area contributed by atoms with Gasteiger partial charge in [0.2, 0.25) is 0 Å². The van der Waals surface area contributed by atoms with Crippen molar-refractivity contribution in [2.24, 2.45) is 4.99 Å². The van der Waals surface area contributed by atoms with Gasteiger partial charge in [0.25, 0.3) is 0 Å². The van der Waals surface area contributed by atoms with Crippen LogP contribution < -0.4 is 0 Å². The maximum absolute atomic E-state index is 11.8. The molecule has 0 amide bonds. The topological polar surface area (TPSA) is 29.4 Å². The van der Waals surface area contributed by atoms with E-state index in [4.69, 9.17) is 0 Å². The minimum atomic E-state index is 0.160. The van der Waals surface area contributed by atoms with Crippen molar-refractivity contribution in [2.75, 3.05) is 18.1 Å². The van der Waals surface area contributed by atoms with Gasteiger partial charge in [-0.2, -0.15) is 0 Å². The van der Waals surface area contributed by atoms with Crippen molar-refractivity contribution in [3.8, 4) is 0 Å². The number of nitrogens with zero attached hydrogens (tertiary/aromatic N) is 1. The molecule has 5 heteroatoms. The van der Waals surface area contributed by atoms with Crippen molar-refractivity contribution in [1.29, 1.82) is 0 Å². The molecule has 1 aliphatic heterocycles. The second-order valence-electron chi connectivity index (χ2n) is 3.21. The van der Waals surface area contributed by atoms with E-state index in [9.17, 15) is 4.79 Å². The Balaban J connectivity index is 1.90. The minimum Gasteiger partial charge on any atom is -0.293 e. The molecule has 0 aromatic heterocycles. The van der Waals surface area contributed by atoms with Gasteiger partial charge in [-0.25, -0.2) is 0 Å². The average Bonchev–Trinajstić information content (AvgIpc) is 2.80. The van der Waals surface area contributed by atoms with Crippen LogP contribution in [0.15, 0.2) is 33.7 Å². The van der Waals surface area contributed by atoms with Crippen LogP contribution in [-0.4, -0.2) is 28.2 Å². The van der Waals surface area contributed by atoms with Gasteiger partial charge in [-0.15, -0.1) is 0 Å². The van der Waals surface area contributed by atoms with Crippen molar-refractivity contribution >= 4 is 49.6 Å². The molecular formula is C11H10BrNOS2. The Hall–Kier alpha value is -0.260. The van der Waals surface area contributed by atoms with Crippen LogP contribution in [-0.2, 0) is 0 Å². The monoisotopic (exact) mass is 315 g/mol. The summed E-state index contributed by atoms with van der Waals surface area (Å²) in [7, 11) is 0. The lowest BCUT2D eigenvalue weighted by molar-refractivity contribution is 0.102. The molecule has 1 heterocycles. The Morgan fingerprint density at radius 2 is 2.19 bits per heavy atom. The van der Waals surface area contributed by atoms with E-state index in [0.29, 0.717) is 5.75 Å². The van der Waals surface area contributed by atoms with Gasteiger partial charge in [0.1, 0.15) is 4.38 Å². The molecule has 0 saturated heterocycles. The molecule has 2 nitrogen and oxygen atoms in total. The Morgan fingerprint density at radius 1 is 1.44 bits per heavy atom. The summed E-state index contributed by atoms with van der Waals surface area (Å²) in [5.74, 6) is 1.69. The van der Waals surface area contributed by atoms with Gasteiger partial charge in [0, 0.05) is 15.8 Å². The summed E-state index contributed by atoms with van der Waals surface area (Å²) in [6.07, 6.45) is 0. The van der Waals surface area contributed by atoms with Crippen molar-refractivity contribution in [2.45, 2.75) is 0 Å². The van der Waals surface area contributed by atoms with Gasteiger partial charge >= 0.3 is 0 Å². The first-order chi connectivity index (χ1) is 7.75. The Labute approximate surface area is 111 Å². The summed E-state index contributed by atoms with van der Waals surface area (Å²) < 4.78 is 2.04. The van der Waals surface area contributed by atoms with E-state index in [1.54, 1.807) is 23.5 Å². The molecular weight excluding hydrogens is 306 g/mol. The number of ketones is 1. The van der Waals surface area contributed by atoms with Crippen molar-refractivity contribution < 1.29 is 4.79 Å². The van der Waals surface area contributed by atoms with E-state index in [-0.39, 0.29) is 5.78 Å². The van der Waals surface area contributed by atoms with Crippen molar-refractivity contribution in [3.05, 3.63) is 34.3 Å². The first-order valence-electron chi connectivity index (χ1n) is 4.84.